The van der Waals surface area contributed by atoms with Gasteiger partial charge >= 0.3 is 0 Å². The van der Waals surface area contributed by atoms with Crippen LogP contribution in [0, 0.1) is 25.5 Å². The molecule has 0 saturated heterocycles. The molecule has 9 heteroatoms. The first-order chi connectivity index (χ1) is 9.22. The number of aromatic nitrogens is 1. The van der Waals surface area contributed by atoms with Crippen molar-refractivity contribution in [2.24, 2.45) is 0 Å². The number of rotatable bonds is 3. The van der Waals surface area contributed by atoms with Crippen molar-refractivity contribution < 1.29 is 17.2 Å². The highest BCUT2D eigenvalue weighted by atomic mass is 35.5. The molecule has 2 aromatic rings. The average Bonchev–Trinajstić information content (AvgIpc) is 2.70. The molecule has 108 valence electrons. The van der Waals surface area contributed by atoms with E-state index in [4.69, 9.17) is 11.6 Å². The van der Waals surface area contributed by atoms with Gasteiger partial charge in [0.15, 0.2) is 14.5 Å². The summed E-state index contributed by atoms with van der Waals surface area (Å²) >= 11 is 6.34. The number of hydrogen-bond acceptors (Lipinski definition) is 4. The Hall–Kier alpha value is -1.25. The van der Waals surface area contributed by atoms with Gasteiger partial charge in [-0.25, -0.2) is 22.2 Å². The minimum Gasteiger partial charge on any atom is -0.273 e. The quantitative estimate of drug-likeness (QED) is 0.932. The van der Waals surface area contributed by atoms with Gasteiger partial charge in [-0.05, 0) is 25.5 Å². The Bertz CT molecular complexity index is 775. The maximum Gasteiger partial charge on any atom is 0.273 e. The molecule has 0 saturated carbocycles. The molecule has 1 N–H and O–H groups in total. The van der Waals surface area contributed by atoms with Crippen LogP contribution in [0.1, 0.15) is 11.3 Å². The van der Waals surface area contributed by atoms with Crippen molar-refractivity contribution in [3.05, 3.63) is 39.5 Å². The predicted molar refractivity (Wildman–Crippen MR) is 73.8 cm³/mol. The first kappa shape index (κ1) is 15.1. The van der Waals surface area contributed by atoms with E-state index in [1.807, 2.05) is 4.72 Å². The lowest BCUT2D eigenvalue weighted by Crippen LogP contribution is -2.15. The molecule has 0 fully saturated rings. The van der Waals surface area contributed by atoms with Crippen LogP contribution in [-0.4, -0.2) is 13.4 Å². The Morgan fingerprint density at radius 2 is 1.95 bits per heavy atom. The van der Waals surface area contributed by atoms with E-state index in [-0.39, 0.29) is 19.9 Å². The van der Waals surface area contributed by atoms with E-state index in [0.717, 1.165) is 6.07 Å². The minimum absolute atomic E-state index is 0.0352. The summed E-state index contributed by atoms with van der Waals surface area (Å²) in [6.07, 6.45) is 0. The lowest BCUT2D eigenvalue weighted by molar-refractivity contribution is 0.579. The van der Waals surface area contributed by atoms with Crippen molar-refractivity contribution in [1.29, 1.82) is 0 Å². The van der Waals surface area contributed by atoms with Crippen molar-refractivity contribution in [2.45, 2.75) is 18.1 Å². The summed E-state index contributed by atoms with van der Waals surface area (Å²) in [6, 6.07) is 2.21. The van der Waals surface area contributed by atoms with Gasteiger partial charge < -0.3 is 0 Å². The molecule has 0 radical (unpaired) electrons. The van der Waals surface area contributed by atoms with Crippen LogP contribution in [0.4, 0.5) is 14.5 Å². The van der Waals surface area contributed by atoms with E-state index in [1.54, 1.807) is 0 Å². The van der Waals surface area contributed by atoms with Gasteiger partial charge in [-0.1, -0.05) is 29.0 Å². The number of sulfonamides is 1. The Morgan fingerprint density at radius 3 is 2.50 bits per heavy atom. The summed E-state index contributed by atoms with van der Waals surface area (Å²) in [5, 5.41) is 0. The van der Waals surface area contributed by atoms with Crippen LogP contribution in [0.15, 0.2) is 16.3 Å². The van der Waals surface area contributed by atoms with Crippen LogP contribution >= 0.6 is 22.9 Å². The second kappa shape index (κ2) is 5.27. The number of halogens is 3. The molecule has 1 aromatic carbocycles. The van der Waals surface area contributed by atoms with Crippen LogP contribution in [0.2, 0.25) is 4.47 Å². The summed E-state index contributed by atoms with van der Waals surface area (Å²) < 4.78 is 53.4. The summed E-state index contributed by atoms with van der Waals surface area (Å²) in [6.45, 7) is 2.85. The molecule has 1 heterocycles. The van der Waals surface area contributed by atoms with E-state index < -0.39 is 27.3 Å². The van der Waals surface area contributed by atoms with Crippen molar-refractivity contribution in [3.8, 4) is 0 Å². The topological polar surface area (TPSA) is 59.1 Å². The molecule has 0 aliphatic carbocycles. The van der Waals surface area contributed by atoms with E-state index in [1.165, 1.54) is 19.9 Å². The summed E-state index contributed by atoms with van der Waals surface area (Å²) in [5.74, 6) is -1.95. The highest BCUT2D eigenvalue weighted by Crippen LogP contribution is 2.30. The fourth-order valence-corrected chi connectivity index (χ4v) is 4.34. The normalized spacial score (nSPS) is 11.7. The first-order valence-electron chi connectivity index (χ1n) is 5.32. The number of thiazole rings is 1. The number of anilines is 1. The second-order valence-electron chi connectivity index (χ2n) is 4.00. The number of hydrogen-bond donors (Lipinski definition) is 1. The van der Waals surface area contributed by atoms with Crippen molar-refractivity contribution in [2.75, 3.05) is 4.72 Å². The monoisotopic (exact) mass is 338 g/mol. The molecule has 4 nitrogen and oxygen atoms in total. The lowest BCUT2D eigenvalue weighted by Gasteiger charge is -2.10. The molecule has 0 aliphatic rings. The third-order valence-electron chi connectivity index (χ3n) is 2.49. The second-order valence-corrected chi connectivity index (χ2v) is 7.46. The fourth-order valence-electron chi connectivity index (χ4n) is 1.53. The summed E-state index contributed by atoms with van der Waals surface area (Å²) in [4.78, 5) is 3.76. The van der Waals surface area contributed by atoms with Crippen LogP contribution in [0.5, 0.6) is 0 Å². The van der Waals surface area contributed by atoms with Crippen LogP contribution in [0.25, 0.3) is 0 Å². The maximum absolute atomic E-state index is 13.8. The van der Waals surface area contributed by atoms with Crippen LogP contribution in [0.3, 0.4) is 0 Å². The molecule has 2 rings (SSSR count). The Morgan fingerprint density at radius 1 is 1.30 bits per heavy atom. The smallest absolute Gasteiger partial charge is 0.273 e. The number of aryl methyl sites for hydroxylation is 2. The van der Waals surface area contributed by atoms with Gasteiger partial charge in [-0.2, -0.15) is 0 Å². The molecule has 0 aliphatic heterocycles. The van der Waals surface area contributed by atoms with E-state index in [2.05, 4.69) is 4.98 Å². The highest BCUT2D eigenvalue weighted by Gasteiger charge is 2.24. The SMILES string of the molecule is Cc1ccc(F)c(NS(=O)(=O)c2sc(Cl)nc2C)c1F. The Kier molecular flexibility index (Phi) is 3.99. The third-order valence-corrected chi connectivity index (χ3v) is 5.71. The molecule has 1 aromatic heterocycles. The van der Waals surface area contributed by atoms with Gasteiger partial charge in [-0.3, -0.25) is 4.72 Å². The number of nitrogens with zero attached hydrogens (tertiary/aromatic N) is 1. The molecular weight excluding hydrogens is 330 g/mol. The predicted octanol–water partition coefficient (Wildman–Crippen LogP) is 3.49. The van der Waals surface area contributed by atoms with Gasteiger partial charge in [0.1, 0.15) is 11.5 Å². The number of benzene rings is 1. The van der Waals surface area contributed by atoms with Gasteiger partial charge in [0.2, 0.25) is 0 Å². The zero-order valence-corrected chi connectivity index (χ0v) is 12.8. The molecule has 0 spiro atoms. The maximum atomic E-state index is 13.8. The van der Waals surface area contributed by atoms with Crippen LogP contribution in [-0.2, 0) is 10.0 Å². The molecular formula is C11H9ClF2N2O2S2. The Balaban J connectivity index is 2.49. The van der Waals surface area contributed by atoms with Crippen molar-refractivity contribution in [1.82, 2.24) is 4.98 Å². The van der Waals surface area contributed by atoms with Gasteiger partial charge in [0.25, 0.3) is 10.0 Å². The van der Waals surface area contributed by atoms with Gasteiger partial charge in [0, 0.05) is 0 Å². The molecule has 20 heavy (non-hydrogen) atoms. The Labute approximate surface area is 123 Å². The van der Waals surface area contributed by atoms with Gasteiger partial charge in [-0.15, -0.1) is 0 Å². The average molecular weight is 339 g/mol. The van der Waals surface area contributed by atoms with E-state index >= 15 is 0 Å². The lowest BCUT2D eigenvalue weighted by atomic mass is 10.2. The first-order valence-corrected chi connectivity index (χ1v) is 8.00. The van der Waals surface area contributed by atoms with E-state index in [9.17, 15) is 17.2 Å². The minimum atomic E-state index is -4.14. The molecule has 0 amide bonds. The third kappa shape index (κ3) is 2.77. The summed E-state index contributed by atoms with van der Waals surface area (Å²) in [7, 11) is -4.14. The van der Waals surface area contributed by atoms with Crippen molar-refractivity contribution in [3.63, 3.8) is 0 Å². The molecule has 0 atom stereocenters. The standard InChI is InChI=1S/C11H9ClF2N2O2S2/c1-5-3-4-7(13)9(8(5)14)16-20(17,18)10-6(2)15-11(12)19-10/h3-4,16H,1-2H3. The van der Waals surface area contributed by atoms with Gasteiger partial charge in [0.05, 0.1) is 5.69 Å². The zero-order chi connectivity index (χ0) is 15.1. The largest absolute Gasteiger partial charge is 0.273 e. The van der Waals surface area contributed by atoms with Crippen LogP contribution < -0.4 is 4.72 Å². The summed E-state index contributed by atoms with van der Waals surface area (Å²) in [5.41, 5.74) is -0.418. The van der Waals surface area contributed by atoms with Crippen molar-refractivity contribution >= 4 is 38.6 Å². The molecule has 0 bridgehead atoms. The van der Waals surface area contributed by atoms with E-state index in [0.29, 0.717) is 11.3 Å². The zero-order valence-electron chi connectivity index (χ0n) is 10.4. The number of nitrogens with one attached hydrogen (secondary N) is 1. The fraction of sp³-hybridized carbons (Fsp3) is 0.182. The molecule has 0 unspecified atom stereocenters. The highest BCUT2D eigenvalue weighted by molar-refractivity contribution is 7.94.